The number of carbonyl (C=O) groups excluding carboxylic acids is 1. The number of carbonyl (C=O) groups is 1. The third-order valence-corrected chi connectivity index (χ3v) is 3.93. The van der Waals surface area contributed by atoms with Crippen molar-refractivity contribution in [1.29, 1.82) is 0 Å². The molecule has 1 aromatic rings. The zero-order chi connectivity index (χ0) is 12.4. The van der Waals surface area contributed by atoms with E-state index in [-0.39, 0.29) is 11.6 Å². The highest BCUT2D eigenvalue weighted by atomic mass is 16.2. The van der Waals surface area contributed by atoms with Gasteiger partial charge in [-0.3, -0.25) is 0 Å². The standard InChI is InChI=1S/C14H19N3O/c18-13-16-14(6-8-15-9-7-14)11-17(13)10-12-4-2-1-3-5-12/h1-5,15H,6-11H2,(H,16,18). The molecular formula is C14H19N3O. The molecule has 3 rings (SSSR count). The Balaban J connectivity index is 1.69. The number of rotatable bonds is 2. The van der Waals surface area contributed by atoms with E-state index in [0.29, 0.717) is 6.54 Å². The van der Waals surface area contributed by atoms with Crippen molar-refractivity contribution in [2.24, 2.45) is 0 Å². The predicted molar refractivity (Wildman–Crippen MR) is 70.2 cm³/mol. The highest BCUT2D eigenvalue weighted by Crippen LogP contribution is 2.26. The summed E-state index contributed by atoms with van der Waals surface area (Å²) in [5, 5.41) is 6.53. The van der Waals surface area contributed by atoms with Crippen molar-refractivity contribution in [2.45, 2.75) is 24.9 Å². The zero-order valence-corrected chi connectivity index (χ0v) is 10.5. The van der Waals surface area contributed by atoms with Crippen LogP contribution in [0, 0.1) is 0 Å². The van der Waals surface area contributed by atoms with Gasteiger partial charge < -0.3 is 15.5 Å². The van der Waals surface area contributed by atoms with Crippen LogP contribution < -0.4 is 10.6 Å². The summed E-state index contributed by atoms with van der Waals surface area (Å²) < 4.78 is 0. The molecule has 2 aliphatic rings. The van der Waals surface area contributed by atoms with E-state index >= 15 is 0 Å². The summed E-state index contributed by atoms with van der Waals surface area (Å²) in [6.07, 6.45) is 2.06. The molecule has 2 heterocycles. The Hall–Kier alpha value is -1.55. The molecular weight excluding hydrogens is 226 g/mol. The van der Waals surface area contributed by atoms with Crippen LogP contribution in [0.5, 0.6) is 0 Å². The lowest BCUT2D eigenvalue weighted by Crippen LogP contribution is -2.51. The minimum absolute atomic E-state index is 0.0110. The molecule has 0 aromatic heterocycles. The first-order valence-electron chi connectivity index (χ1n) is 6.59. The van der Waals surface area contributed by atoms with Gasteiger partial charge in [0.15, 0.2) is 0 Å². The Morgan fingerprint density at radius 1 is 1.17 bits per heavy atom. The average molecular weight is 245 g/mol. The first-order chi connectivity index (χ1) is 8.77. The number of piperidine rings is 1. The van der Waals surface area contributed by atoms with Gasteiger partial charge in [0, 0.05) is 13.1 Å². The van der Waals surface area contributed by atoms with Crippen molar-refractivity contribution in [3.8, 4) is 0 Å². The van der Waals surface area contributed by atoms with E-state index in [1.807, 2.05) is 23.1 Å². The Bertz CT molecular complexity index is 426. The molecule has 0 saturated carbocycles. The molecule has 1 aromatic carbocycles. The molecule has 18 heavy (non-hydrogen) atoms. The maximum absolute atomic E-state index is 12.0. The molecule has 96 valence electrons. The van der Waals surface area contributed by atoms with Crippen molar-refractivity contribution in [3.05, 3.63) is 35.9 Å². The number of hydrogen-bond acceptors (Lipinski definition) is 2. The summed E-state index contributed by atoms with van der Waals surface area (Å²) in [4.78, 5) is 14.0. The molecule has 2 N–H and O–H groups in total. The topological polar surface area (TPSA) is 44.4 Å². The van der Waals surface area contributed by atoms with E-state index in [1.165, 1.54) is 5.56 Å². The molecule has 0 radical (unpaired) electrons. The Morgan fingerprint density at radius 2 is 1.89 bits per heavy atom. The van der Waals surface area contributed by atoms with Gasteiger partial charge in [-0.2, -0.15) is 0 Å². The lowest BCUT2D eigenvalue weighted by Gasteiger charge is -2.33. The van der Waals surface area contributed by atoms with E-state index in [9.17, 15) is 4.79 Å². The van der Waals surface area contributed by atoms with Crippen molar-refractivity contribution in [3.63, 3.8) is 0 Å². The van der Waals surface area contributed by atoms with E-state index in [0.717, 1.165) is 32.5 Å². The third kappa shape index (κ3) is 2.20. The number of benzene rings is 1. The minimum atomic E-state index is 0.0110. The SMILES string of the molecule is O=C1NC2(CCNCC2)CN1Cc1ccccc1. The van der Waals surface area contributed by atoms with Gasteiger partial charge in [0.05, 0.1) is 5.54 Å². The van der Waals surface area contributed by atoms with Gasteiger partial charge in [-0.25, -0.2) is 4.79 Å². The second-order valence-electron chi connectivity index (χ2n) is 5.30. The van der Waals surface area contributed by atoms with Crippen LogP contribution in [0.3, 0.4) is 0 Å². The molecule has 2 amide bonds. The van der Waals surface area contributed by atoms with E-state index in [1.54, 1.807) is 0 Å². The van der Waals surface area contributed by atoms with E-state index in [2.05, 4.69) is 22.8 Å². The van der Waals surface area contributed by atoms with Crippen LogP contribution in [0.25, 0.3) is 0 Å². The highest BCUT2D eigenvalue weighted by Gasteiger charge is 2.42. The summed E-state index contributed by atoms with van der Waals surface area (Å²) >= 11 is 0. The van der Waals surface area contributed by atoms with Crippen molar-refractivity contribution in [1.82, 2.24) is 15.5 Å². The molecule has 2 fully saturated rings. The molecule has 2 saturated heterocycles. The molecule has 0 atom stereocenters. The smallest absolute Gasteiger partial charge is 0.318 e. The molecule has 4 nitrogen and oxygen atoms in total. The number of nitrogens with zero attached hydrogens (tertiary/aromatic N) is 1. The number of amides is 2. The average Bonchev–Trinajstić information content (AvgIpc) is 2.68. The van der Waals surface area contributed by atoms with Gasteiger partial charge in [-0.15, -0.1) is 0 Å². The second-order valence-corrected chi connectivity index (χ2v) is 5.30. The van der Waals surface area contributed by atoms with Crippen molar-refractivity contribution >= 4 is 6.03 Å². The minimum Gasteiger partial charge on any atom is -0.331 e. The Morgan fingerprint density at radius 3 is 2.61 bits per heavy atom. The molecule has 0 aliphatic carbocycles. The Kier molecular flexibility index (Phi) is 2.96. The molecule has 1 spiro atoms. The summed E-state index contributed by atoms with van der Waals surface area (Å²) in [5.74, 6) is 0. The lowest BCUT2D eigenvalue weighted by molar-refractivity contribution is 0.215. The van der Waals surface area contributed by atoms with Crippen LogP contribution in [0.2, 0.25) is 0 Å². The first-order valence-corrected chi connectivity index (χ1v) is 6.59. The van der Waals surface area contributed by atoms with Crippen LogP contribution in [-0.2, 0) is 6.54 Å². The maximum Gasteiger partial charge on any atom is 0.318 e. The summed E-state index contributed by atoms with van der Waals surface area (Å²) in [5.41, 5.74) is 1.20. The zero-order valence-electron chi connectivity index (χ0n) is 10.5. The normalized spacial score (nSPS) is 22.2. The van der Waals surface area contributed by atoms with Crippen molar-refractivity contribution in [2.75, 3.05) is 19.6 Å². The van der Waals surface area contributed by atoms with E-state index in [4.69, 9.17) is 0 Å². The number of nitrogens with one attached hydrogen (secondary N) is 2. The van der Waals surface area contributed by atoms with Gasteiger partial charge >= 0.3 is 6.03 Å². The van der Waals surface area contributed by atoms with Crippen molar-refractivity contribution < 1.29 is 4.79 Å². The summed E-state index contributed by atoms with van der Waals surface area (Å²) in [6, 6.07) is 10.3. The molecule has 4 heteroatoms. The van der Waals surface area contributed by atoms with Crippen LogP contribution in [0.15, 0.2) is 30.3 Å². The fourth-order valence-electron chi connectivity index (χ4n) is 2.90. The van der Waals surface area contributed by atoms with Gasteiger partial charge in [-0.1, -0.05) is 30.3 Å². The van der Waals surface area contributed by atoms with Crippen LogP contribution in [-0.4, -0.2) is 36.1 Å². The van der Waals surface area contributed by atoms with Gasteiger partial charge in [-0.05, 0) is 31.5 Å². The van der Waals surface area contributed by atoms with Crippen LogP contribution in [0.1, 0.15) is 18.4 Å². The first kappa shape index (κ1) is 11.5. The quantitative estimate of drug-likeness (QED) is 0.825. The third-order valence-electron chi connectivity index (χ3n) is 3.93. The summed E-state index contributed by atoms with van der Waals surface area (Å²) in [6.45, 7) is 3.54. The summed E-state index contributed by atoms with van der Waals surface area (Å²) in [7, 11) is 0. The molecule has 0 unspecified atom stereocenters. The predicted octanol–water partition coefficient (Wildman–Crippen LogP) is 1.33. The number of urea groups is 1. The number of hydrogen-bond donors (Lipinski definition) is 2. The fraction of sp³-hybridized carbons (Fsp3) is 0.500. The molecule has 2 aliphatic heterocycles. The Labute approximate surface area is 107 Å². The lowest BCUT2D eigenvalue weighted by atomic mass is 9.89. The van der Waals surface area contributed by atoms with Gasteiger partial charge in [0.1, 0.15) is 0 Å². The fourth-order valence-corrected chi connectivity index (χ4v) is 2.90. The van der Waals surface area contributed by atoms with Gasteiger partial charge in [0.25, 0.3) is 0 Å². The monoisotopic (exact) mass is 245 g/mol. The second kappa shape index (κ2) is 4.61. The largest absolute Gasteiger partial charge is 0.331 e. The van der Waals surface area contributed by atoms with Crippen LogP contribution in [0.4, 0.5) is 4.79 Å². The molecule has 0 bridgehead atoms. The van der Waals surface area contributed by atoms with Gasteiger partial charge in [0.2, 0.25) is 0 Å². The maximum atomic E-state index is 12.0. The van der Waals surface area contributed by atoms with E-state index < -0.39 is 0 Å². The van der Waals surface area contributed by atoms with Crippen LogP contribution >= 0.6 is 0 Å². The highest BCUT2D eigenvalue weighted by molar-refractivity contribution is 5.78.